The summed E-state index contributed by atoms with van der Waals surface area (Å²) < 4.78 is 0. The minimum atomic E-state index is -1.75. The van der Waals surface area contributed by atoms with Crippen LogP contribution >= 0.6 is 0 Å². The number of benzene rings is 3. The Kier molecular flexibility index (Phi) is 8.98. The van der Waals surface area contributed by atoms with E-state index in [2.05, 4.69) is 0 Å². The van der Waals surface area contributed by atoms with E-state index in [9.17, 15) is 14.4 Å². The number of hydrogen-bond acceptors (Lipinski definition) is 3. The Hall–Kier alpha value is -2.79. The second-order valence-corrected chi connectivity index (χ2v) is 13.9. The molecule has 1 radical (unpaired) electrons. The molecule has 0 aliphatic rings. The van der Waals surface area contributed by atoms with Crippen molar-refractivity contribution in [3.05, 3.63) is 108 Å². The first-order valence-electron chi connectivity index (χ1n) is 10.7. The minimum absolute atomic E-state index is 0.148. The first-order chi connectivity index (χ1) is 15.1. The number of carbonyl (C=O) groups is 3. The van der Waals surface area contributed by atoms with Crippen molar-refractivity contribution in [2.24, 2.45) is 0 Å². The van der Waals surface area contributed by atoms with Crippen molar-refractivity contribution < 1.29 is 14.4 Å². The van der Waals surface area contributed by atoms with Crippen LogP contribution in [-0.4, -0.2) is 31.7 Å². The number of carbonyl (C=O) groups excluding carboxylic acids is 3. The van der Waals surface area contributed by atoms with E-state index in [0.29, 0.717) is 19.3 Å². The summed E-state index contributed by atoms with van der Waals surface area (Å²) in [6, 6.07) is 28.1. The molecular weight excluding hydrogens is 445 g/mol. The molecule has 0 spiro atoms. The summed E-state index contributed by atoms with van der Waals surface area (Å²) >= 11 is -1.75. The second-order valence-electron chi connectivity index (χ2n) is 7.62. The molecule has 0 aromatic heterocycles. The average molecular weight is 472 g/mol. The molecule has 0 bridgehead atoms. The topological polar surface area (TPSA) is 51.2 Å². The zero-order chi connectivity index (χ0) is 21.9. The predicted molar refractivity (Wildman–Crippen MR) is 126 cm³/mol. The Labute approximate surface area is 188 Å². The molecule has 0 atom stereocenters. The Morgan fingerprint density at radius 1 is 0.452 bits per heavy atom. The molecule has 157 valence electrons. The molecule has 31 heavy (non-hydrogen) atoms. The van der Waals surface area contributed by atoms with Crippen LogP contribution < -0.4 is 0 Å². The van der Waals surface area contributed by atoms with Crippen molar-refractivity contribution in [1.82, 2.24) is 0 Å². The quantitative estimate of drug-likeness (QED) is 0.230. The van der Waals surface area contributed by atoms with Gasteiger partial charge < -0.3 is 0 Å². The van der Waals surface area contributed by atoms with Crippen LogP contribution in [0.4, 0.5) is 0 Å². The van der Waals surface area contributed by atoms with Crippen molar-refractivity contribution >= 4 is 31.7 Å². The van der Waals surface area contributed by atoms with Crippen LogP contribution in [0, 0.1) is 0 Å². The zero-order valence-corrected chi connectivity index (χ0v) is 19.7. The summed E-state index contributed by atoms with van der Waals surface area (Å²) in [6.07, 6.45) is 1.50. The first kappa shape index (κ1) is 22.9. The molecule has 4 heteroatoms. The maximum absolute atomic E-state index is 12.6. The molecule has 0 aliphatic heterocycles. The number of Topliss-reactive ketones (excluding diaryl/α,β-unsaturated/α-hetero) is 3. The molecule has 0 saturated carbocycles. The van der Waals surface area contributed by atoms with Crippen molar-refractivity contribution in [3.8, 4) is 0 Å². The average Bonchev–Trinajstić information content (AvgIpc) is 2.84. The third kappa shape index (κ3) is 7.44. The van der Waals surface area contributed by atoms with Gasteiger partial charge in [-0.05, 0) is 0 Å². The summed E-state index contributed by atoms with van der Waals surface area (Å²) in [7, 11) is 0. The predicted octanol–water partition coefficient (Wildman–Crippen LogP) is 6.30. The molecule has 0 aliphatic carbocycles. The summed E-state index contributed by atoms with van der Waals surface area (Å²) in [5.41, 5.74) is 2.21. The van der Waals surface area contributed by atoms with Crippen LogP contribution in [0.3, 0.4) is 0 Å². The van der Waals surface area contributed by atoms with Gasteiger partial charge in [0.25, 0.3) is 0 Å². The van der Waals surface area contributed by atoms with Gasteiger partial charge in [0.2, 0.25) is 0 Å². The van der Waals surface area contributed by atoms with E-state index >= 15 is 0 Å². The van der Waals surface area contributed by atoms with Gasteiger partial charge >= 0.3 is 189 Å². The summed E-state index contributed by atoms with van der Waals surface area (Å²) in [5, 5.41) is 2.54. The molecule has 0 saturated heterocycles. The maximum atomic E-state index is 12.6. The van der Waals surface area contributed by atoms with E-state index in [1.807, 2.05) is 91.0 Å². The van der Waals surface area contributed by atoms with E-state index < -0.39 is 14.3 Å². The zero-order valence-electron chi connectivity index (χ0n) is 17.6. The van der Waals surface area contributed by atoms with Crippen LogP contribution in [0.2, 0.25) is 15.8 Å². The second kappa shape index (κ2) is 12.2. The standard InChI is InChI=1S/C27H27GeO3/c29-25(22-10-4-1-5-11-22)16-19-28(20-17-26(30)23-12-6-2-7-13-23)21-18-27(31)24-14-8-3-9-15-24/h1-15H,16-21H2. The van der Waals surface area contributed by atoms with Gasteiger partial charge in [-0.1, -0.05) is 0 Å². The number of rotatable bonds is 12. The first-order valence-corrected chi connectivity index (χ1v) is 15.2. The molecule has 3 rings (SSSR count). The Morgan fingerprint density at radius 3 is 0.968 bits per heavy atom. The summed E-state index contributed by atoms with van der Waals surface area (Å²) in [6.45, 7) is 0. The van der Waals surface area contributed by atoms with Crippen LogP contribution in [0.25, 0.3) is 0 Å². The van der Waals surface area contributed by atoms with Crippen molar-refractivity contribution in [2.45, 2.75) is 35.0 Å². The van der Waals surface area contributed by atoms with Gasteiger partial charge in [0, 0.05) is 0 Å². The molecule has 0 N–H and O–H groups in total. The summed E-state index contributed by atoms with van der Waals surface area (Å²) in [5.74, 6) is 0.443. The van der Waals surface area contributed by atoms with Crippen molar-refractivity contribution in [1.29, 1.82) is 0 Å². The van der Waals surface area contributed by atoms with Gasteiger partial charge in [-0.25, -0.2) is 0 Å². The van der Waals surface area contributed by atoms with Gasteiger partial charge in [-0.2, -0.15) is 0 Å². The van der Waals surface area contributed by atoms with Crippen molar-refractivity contribution in [2.75, 3.05) is 0 Å². The fraction of sp³-hybridized carbons (Fsp3) is 0.222. The molecule has 3 nitrogen and oxygen atoms in total. The molecular formula is C27H27GeO3. The number of ketones is 3. The van der Waals surface area contributed by atoms with Crippen LogP contribution in [0.15, 0.2) is 91.0 Å². The SMILES string of the molecule is O=C(C[CH2][Ge]([CH2]CC(=O)c1ccccc1)[CH2]CC(=O)c1ccccc1)c1ccccc1. The van der Waals surface area contributed by atoms with Crippen LogP contribution in [0.5, 0.6) is 0 Å². The van der Waals surface area contributed by atoms with Crippen LogP contribution in [0.1, 0.15) is 50.3 Å². The van der Waals surface area contributed by atoms with Crippen LogP contribution in [-0.2, 0) is 0 Å². The van der Waals surface area contributed by atoms with E-state index in [4.69, 9.17) is 0 Å². The Balaban J connectivity index is 1.59. The third-order valence-electron chi connectivity index (χ3n) is 5.40. The number of hydrogen-bond donors (Lipinski definition) is 0. The van der Waals surface area contributed by atoms with E-state index in [-0.39, 0.29) is 17.3 Å². The van der Waals surface area contributed by atoms with Gasteiger partial charge in [0.1, 0.15) is 0 Å². The van der Waals surface area contributed by atoms with E-state index in [0.717, 1.165) is 32.5 Å². The fourth-order valence-corrected chi connectivity index (χ4v) is 8.78. The molecule has 3 aromatic carbocycles. The molecule has 0 amide bonds. The molecule has 3 aromatic rings. The fourth-order valence-electron chi connectivity index (χ4n) is 3.55. The molecule has 0 heterocycles. The van der Waals surface area contributed by atoms with Gasteiger partial charge in [-0.15, -0.1) is 0 Å². The normalized spacial score (nSPS) is 10.7. The van der Waals surface area contributed by atoms with E-state index in [1.54, 1.807) is 0 Å². The Bertz CT molecular complexity index is 853. The third-order valence-corrected chi connectivity index (χ3v) is 11.4. The van der Waals surface area contributed by atoms with Gasteiger partial charge in [0.05, 0.1) is 0 Å². The van der Waals surface area contributed by atoms with Gasteiger partial charge in [-0.3, -0.25) is 0 Å². The summed E-state index contributed by atoms with van der Waals surface area (Å²) in [4.78, 5) is 37.7. The van der Waals surface area contributed by atoms with Gasteiger partial charge in [0.15, 0.2) is 0 Å². The monoisotopic (exact) mass is 473 g/mol. The van der Waals surface area contributed by atoms with E-state index in [1.165, 1.54) is 0 Å². The molecule has 0 fully saturated rings. The Morgan fingerprint density at radius 2 is 0.710 bits per heavy atom. The molecule has 0 unspecified atom stereocenters. The van der Waals surface area contributed by atoms with Crippen molar-refractivity contribution in [3.63, 3.8) is 0 Å².